The Bertz CT molecular complexity index is 732. The Morgan fingerprint density at radius 3 is 2.70 bits per heavy atom. The Hall–Kier alpha value is -2.07. The van der Waals surface area contributed by atoms with Crippen LogP contribution < -0.4 is 5.43 Å². The molecule has 1 heterocycles. The zero-order chi connectivity index (χ0) is 17.0. The monoisotopic (exact) mass is 331 g/mol. The van der Waals surface area contributed by atoms with Crippen molar-refractivity contribution in [1.82, 2.24) is 9.99 Å². The summed E-state index contributed by atoms with van der Waals surface area (Å²) in [6.07, 6.45) is 1.67. The molecular weight excluding hydrogens is 310 g/mol. The van der Waals surface area contributed by atoms with Gasteiger partial charge in [-0.05, 0) is 38.0 Å². The molecule has 2 rings (SSSR count). The van der Waals surface area contributed by atoms with Gasteiger partial charge in [-0.15, -0.1) is 0 Å². The first-order valence-electron chi connectivity index (χ1n) is 7.64. The van der Waals surface area contributed by atoms with Gasteiger partial charge in [-0.2, -0.15) is 5.10 Å². The lowest BCUT2D eigenvalue weighted by Crippen LogP contribution is -2.18. The van der Waals surface area contributed by atoms with Crippen LogP contribution in [-0.2, 0) is 6.54 Å². The summed E-state index contributed by atoms with van der Waals surface area (Å²) in [5.74, 6) is 0.257. The van der Waals surface area contributed by atoms with E-state index < -0.39 is 0 Å². The van der Waals surface area contributed by atoms with Gasteiger partial charge in [0, 0.05) is 23.5 Å². The molecule has 0 spiro atoms. The fourth-order valence-electron chi connectivity index (χ4n) is 2.47. The van der Waals surface area contributed by atoms with Crippen LogP contribution >= 0.6 is 11.6 Å². The highest BCUT2D eigenvalue weighted by Crippen LogP contribution is 2.16. The maximum absolute atomic E-state index is 12.0. The molecule has 0 radical (unpaired) electrons. The maximum Gasteiger partial charge on any atom is 0.272 e. The van der Waals surface area contributed by atoms with E-state index in [9.17, 15) is 4.79 Å². The first kappa shape index (κ1) is 17.3. The van der Waals surface area contributed by atoms with Crippen LogP contribution in [0.4, 0.5) is 0 Å². The second-order valence-electron chi connectivity index (χ2n) is 6.01. The SMILES string of the molecule is Cc1cc(/C=N\NC(=O)c2ccccc2Cl)c(C)n1CC(C)C. The van der Waals surface area contributed by atoms with E-state index in [0.717, 1.165) is 17.8 Å². The van der Waals surface area contributed by atoms with E-state index in [1.807, 2.05) is 0 Å². The molecule has 4 nitrogen and oxygen atoms in total. The number of hydrazone groups is 1. The summed E-state index contributed by atoms with van der Waals surface area (Å²) >= 11 is 6.00. The molecule has 0 aliphatic carbocycles. The van der Waals surface area contributed by atoms with E-state index in [0.29, 0.717) is 16.5 Å². The van der Waals surface area contributed by atoms with Crippen LogP contribution in [0.1, 0.15) is 41.2 Å². The number of amides is 1. The number of halogens is 1. The largest absolute Gasteiger partial charge is 0.348 e. The Kier molecular flexibility index (Phi) is 5.61. The summed E-state index contributed by atoms with van der Waals surface area (Å²) < 4.78 is 2.27. The van der Waals surface area contributed by atoms with Crippen LogP contribution in [0.2, 0.25) is 5.02 Å². The average molecular weight is 332 g/mol. The molecule has 122 valence electrons. The van der Waals surface area contributed by atoms with Crippen molar-refractivity contribution in [1.29, 1.82) is 0 Å². The molecular formula is C18H22ClN3O. The summed E-state index contributed by atoms with van der Waals surface area (Å²) in [6, 6.07) is 8.97. The first-order valence-corrected chi connectivity index (χ1v) is 8.02. The molecule has 0 aliphatic rings. The number of rotatable bonds is 5. The number of hydrogen-bond acceptors (Lipinski definition) is 2. The molecule has 0 fully saturated rings. The van der Waals surface area contributed by atoms with Crippen molar-refractivity contribution in [3.8, 4) is 0 Å². The van der Waals surface area contributed by atoms with Crippen LogP contribution in [-0.4, -0.2) is 16.7 Å². The molecule has 1 aromatic carbocycles. The van der Waals surface area contributed by atoms with Gasteiger partial charge in [0.2, 0.25) is 0 Å². The van der Waals surface area contributed by atoms with Crippen molar-refractivity contribution >= 4 is 23.7 Å². The molecule has 5 heteroatoms. The molecule has 0 unspecified atom stereocenters. The lowest BCUT2D eigenvalue weighted by molar-refractivity contribution is 0.0955. The quantitative estimate of drug-likeness (QED) is 0.648. The molecule has 0 bridgehead atoms. The topological polar surface area (TPSA) is 46.4 Å². The van der Waals surface area contributed by atoms with Crippen molar-refractivity contribution in [3.63, 3.8) is 0 Å². The van der Waals surface area contributed by atoms with E-state index in [1.54, 1.807) is 30.5 Å². The zero-order valence-electron chi connectivity index (χ0n) is 13.9. The third-order valence-electron chi connectivity index (χ3n) is 3.65. The van der Waals surface area contributed by atoms with Crippen molar-refractivity contribution in [2.75, 3.05) is 0 Å². The molecule has 1 N–H and O–H groups in total. The average Bonchev–Trinajstić information content (AvgIpc) is 2.75. The Balaban J connectivity index is 2.09. The number of aryl methyl sites for hydroxylation is 1. The minimum atomic E-state index is -0.317. The Morgan fingerprint density at radius 2 is 2.04 bits per heavy atom. The van der Waals surface area contributed by atoms with E-state index >= 15 is 0 Å². The number of benzene rings is 1. The molecule has 0 saturated heterocycles. The standard InChI is InChI=1S/C18H22ClN3O/c1-12(2)11-22-13(3)9-15(14(22)4)10-20-21-18(23)16-7-5-6-8-17(16)19/h5-10,12H,11H2,1-4H3,(H,21,23)/b20-10-. The predicted octanol–water partition coefficient (Wildman–Crippen LogP) is 4.18. The summed E-state index contributed by atoms with van der Waals surface area (Å²) in [7, 11) is 0. The highest BCUT2D eigenvalue weighted by atomic mass is 35.5. The van der Waals surface area contributed by atoms with Gasteiger partial charge < -0.3 is 4.57 Å². The molecule has 1 amide bonds. The van der Waals surface area contributed by atoms with Crippen LogP contribution in [0.25, 0.3) is 0 Å². The molecule has 0 atom stereocenters. The number of nitrogens with zero attached hydrogens (tertiary/aromatic N) is 2. The summed E-state index contributed by atoms with van der Waals surface area (Å²) in [6.45, 7) is 9.49. The molecule has 0 aliphatic heterocycles. The van der Waals surface area contributed by atoms with Gasteiger partial charge in [0.15, 0.2) is 0 Å². The summed E-state index contributed by atoms with van der Waals surface area (Å²) in [4.78, 5) is 12.0. The highest BCUT2D eigenvalue weighted by molar-refractivity contribution is 6.33. The van der Waals surface area contributed by atoms with Crippen LogP contribution in [0.3, 0.4) is 0 Å². The van der Waals surface area contributed by atoms with E-state index in [2.05, 4.69) is 48.9 Å². The Labute approximate surface area is 142 Å². The highest BCUT2D eigenvalue weighted by Gasteiger charge is 2.10. The number of nitrogens with one attached hydrogen (secondary N) is 1. The van der Waals surface area contributed by atoms with Gasteiger partial charge in [0.05, 0.1) is 16.8 Å². The zero-order valence-corrected chi connectivity index (χ0v) is 14.7. The van der Waals surface area contributed by atoms with Crippen LogP contribution in [0, 0.1) is 19.8 Å². The lowest BCUT2D eigenvalue weighted by atomic mass is 10.2. The first-order chi connectivity index (χ1) is 10.9. The molecule has 2 aromatic rings. The second-order valence-corrected chi connectivity index (χ2v) is 6.42. The number of hydrogen-bond donors (Lipinski definition) is 1. The van der Waals surface area contributed by atoms with Crippen molar-refractivity contribution < 1.29 is 4.79 Å². The minimum absolute atomic E-state index is 0.317. The smallest absolute Gasteiger partial charge is 0.272 e. The third-order valence-corrected chi connectivity index (χ3v) is 3.98. The van der Waals surface area contributed by atoms with Gasteiger partial charge >= 0.3 is 0 Å². The maximum atomic E-state index is 12.0. The normalized spacial score (nSPS) is 11.4. The minimum Gasteiger partial charge on any atom is -0.348 e. The van der Waals surface area contributed by atoms with E-state index in [4.69, 9.17) is 11.6 Å². The second kappa shape index (κ2) is 7.47. The number of carbonyl (C=O) groups is 1. The van der Waals surface area contributed by atoms with Crippen molar-refractivity contribution in [2.24, 2.45) is 11.0 Å². The van der Waals surface area contributed by atoms with Gasteiger partial charge in [-0.3, -0.25) is 4.79 Å². The van der Waals surface area contributed by atoms with E-state index in [-0.39, 0.29) is 5.91 Å². The van der Waals surface area contributed by atoms with E-state index in [1.165, 1.54) is 5.69 Å². The van der Waals surface area contributed by atoms with Crippen LogP contribution in [0.5, 0.6) is 0 Å². The lowest BCUT2D eigenvalue weighted by Gasteiger charge is -2.11. The van der Waals surface area contributed by atoms with Gasteiger partial charge in [-0.25, -0.2) is 5.43 Å². The fourth-order valence-corrected chi connectivity index (χ4v) is 2.69. The van der Waals surface area contributed by atoms with Crippen molar-refractivity contribution in [3.05, 3.63) is 57.9 Å². The van der Waals surface area contributed by atoms with Gasteiger partial charge in [0.25, 0.3) is 5.91 Å². The summed E-state index contributed by atoms with van der Waals surface area (Å²) in [5.41, 5.74) is 6.27. The fraction of sp³-hybridized carbons (Fsp3) is 0.333. The van der Waals surface area contributed by atoms with Crippen molar-refractivity contribution in [2.45, 2.75) is 34.2 Å². The number of aromatic nitrogens is 1. The summed E-state index contributed by atoms with van der Waals surface area (Å²) in [5, 5.41) is 4.47. The molecule has 0 saturated carbocycles. The predicted molar refractivity (Wildman–Crippen MR) is 95.3 cm³/mol. The molecule has 23 heavy (non-hydrogen) atoms. The number of carbonyl (C=O) groups excluding carboxylic acids is 1. The Morgan fingerprint density at radius 1 is 1.35 bits per heavy atom. The molecule has 1 aromatic heterocycles. The third kappa shape index (κ3) is 4.23. The van der Waals surface area contributed by atoms with Gasteiger partial charge in [0.1, 0.15) is 0 Å². The van der Waals surface area contributed by atoms with Crippen LogP contribution in [0.15, 0.2) is 35.4 Å². The van der Waals surface area contributed by atoms with Gasteiger partial charge in [-0.1, -0.05) is 37.6 Å².